The minimum absolute atomic E-state index is 0.155. The molecule has 10 aromatic rings. The van der Waals surface area contributed by atoms with Crippen LogP contribution in [0, 0.1) is 0 Å². The van der Waals surface area contributed by atoms with E-state index in [1.807, 2.05) is 0 Å². The van der Waals surface area contributed by atoms with Gasteiger partial charge in [0, 0.05) is 22.2 Å². The van der Waals surface area contributed by atoms with Crippen molar-refractivity contribution >= 4 is 27.8 Å². The van der Waals surface area contributed by atoms with Crippen molar-refractivity contribution in [2.24, 2.45) is 0 Å². The molecule has 0 unspecified atom stereocenters. The Hall–Kier alpha value is -7.74. The smallest absolute Gasteiger partial charge is 0.0714 e. The second-order valence-corrected chi connectivity index (χ2v) is 20.1. The van der Waals surface area contributed by atoms with E-state index in [2.05, 4.69) is 249 Å². The lowest BCUT2D eigenvalue weighted by Crippen LogP contribution is -2.28. The molecule has 0 spiro atoms. The summed E-state index contributed by atoms with van der Waals surface area (Å²) < 4.78 is 0. The zero-order valence-electron chi connectivity index (χ0n) is 39.5. The molecule has 1 fully saturated rings. The Kier molecular flexibility index (Phi) is 9.91. The number of fused-ring (bicyclic) bond motifs is 7. The minimum Gasteiger partial charge on any atom is -0.309 e. The highest BCUT2D eigenvalue weighted by molar-refractivity contribution is 6.05. The van der Waals surface area contributed by atoms with Gasteiger partial charge in [0.2, 0.25) is 0 Å². The van der Waals surface area contributed by atoms with Crippen LogP contribution in [-0.2, 0) is 10.8 Å². The molecule has 0 N–H and O–H groups in total. The maximum atomic E-state index is 2.60. The molecule has 0 aromatic heterocycles. The number of rotatable bonds is 8. The fourth-order valence-electron chi connectivity index (χ4n) is 13.2. The molecular formula is C68H55N. The van der Waals surface area contributed by atoms with Crippen LogP contribution in [0.5, 0.6) is 0 Å². The molecule has 1 saturated carbocycles. The molecule has 0 atom stereocenters. The van der Waals surface area contributed by atoms with Crippen molar-refractivity contribution in [3.05, 3.63) is 269 Å². The summed E-state index contributed by atoms with van der Waals surface area (Å²) in [6.45, 7) is 4.80. The summed E-state index contributed by atoms with van der Waals surface area (Å²) in [5, 5.41) is 2.70. The summed E-state index contributed by atoms with van der Waals surface area (Å²) in [6, 6.07) is 87.2. The van der Waals surface area contributed by atoms with Gasteiger partial charge in [-0.1, -0.05) is 239 Å². The molecule has 0 saturated heterocycles. The predicted molar refractivity (Wildman–Crippen MR) is 290 cm³/mol. The first-order valence-corrected chi connectivity index (χ1v) is 25.1. The van der Waals surface area contributed by atoms with Crippen LogP contribution >= 0.6 is 0 Å². The molecule has 1 heteroatoms. The Morgan fingerprint density at radius 1 is 0.406 bits per heavy atom. The Labute approximate surface area is 407 Å². The Morgan fingerprint density at radius 2 is 0.957 bits per heavy atom. The van der Waals surface area contributed by atoms with Gasteiger partial charge in [-0.3, -0.25) is 0 Å². The van der Waals surface area contributed by atoms with E-state index < -0.39 is 5.41 Å². The highest BCUT2D eigenvalue weighted by Gasteiger charge is 2.47. The molecule has 0 radical (unpaired) electrons. The topological polar surface area (TPSA) is 3.24 Å². The Morgan fingerprint density at radius 3 is 1.72 bits per heavy atom. The van der Waals surface area contributed by atoms with Crippen molar-refractivity contribution in [1.29, 1.82) is 0 Å². The van der Waals surface area contributed by atoms with Gasteiger partial charge < -0.3 is 4.90 Å². The molecule has 3 aliphatic rings. The van der Waals surface area contributed by atoms with Crippen molar-refractivity contribution in [1.82, 2.24) is 0 Å². The average Bonchev–Trinajstić information content (AvgIpc) is 3.85. The third-order valence-corrected chi connectivity index (χ3v) is 16.1. The van der Waals surface area contributed by atoms with Crippen LogP contribution in [0.25, 0.3) is 55.3 Å². The van der Waals surface area contributed by atoms with E-state index in [1.54, 1.807) is 0 Å². The number of benzene rings is 10. The van der Waals surface area contributed by atoms with Crippen molar-refractivity contribution in [2.45, 2.75) is 62.7 Å². The zero-order chi connectivity index (χ0) is 46.1. The molecule has 0 heterocycles. The van der Waals surface area contributed by atoms with E-state index in [0.717, 1.165) is 17.1 Å². The van der Waals surface area contributed by atoms with Crippen LogP contribution in [0.3, 0.4) is 0 Å². The summed E-state index contributed by atoms with van der Waals surface area (Å²) in [5.41, 5.74) is 22.4. The van der Waals surface area contributed by atoms with Gasteiger partial charge in [-0.15, -0.1) is 0 Å². The van der Waals surface area contributed by atoms with Crippen LogP contribution in [0.2, 0.25) is 0 Å². The summed E-state index contributed by atoms with van der Waals surface area (Å²) in [6.07, 6.45) is 6.43. The van der Waals surface area contributed by atoms with Gasteiger partial charge in [-0.05, 0) is 126 Å². The largest absolute Gasteiger partial charge is 0.309 e. The first-order chi connectivity index (χ1) is 34.0. The van der Waals surface area contributed by atoms with Crippen molar-refractivity contribution in [3.8, 4) is 44.5 Å². The third kappa shape index (κ3) is 6.37. The van der Waals surface area contributed by atoms with E-state index in [4.69, 9.17) is 0 Å². The molecule has 0 amide bonds. The minimum atomic E-state index is -0.535. The van der Waals surface area contributed by atoms with Gasteiger partial charge in [0.25, 0.3) is 0 Å². The van der Waals surface area contributed by atoms with Crippen LogP contribution in [-0.4, -0.2) is 0 Å². The summed E-state index contributed by atoms with van der Waals surface area (Å²) in [5.74, 6) is 0.560. The maximum Gasteiger partial charge on any atom is 0.0714 e. The van der Waals surface area contributed by atoms with E-state index in [0.29, 0.717) is 5.92 Å². The van der Waals surface area contributed by atoms with Gasteiger partial charge in [0.15, 0.2) is 0 Å². The molecule has 13 rings (SSSR count). The van der Waals surface area contributed by atoms with Crippen LogP contribution < -0.4 is 4.90 Å². The van der Waals surface area contributed by atoms with Gasteiger partial charge in [-0.25, -0.2) is 0 Å². The average molecular weight is 886 g/mol. The van der Waals surface area contributed by atoms with Gasteiger partial charge in [-0.2, -0.15) is 0 Å². The number of nitrogens with zero attached hydrogens (tertiary/aromatic N) is 1. The first kappa shape index (κ1) is 41.4. The van der Waals surface area contributed by atoms with Gasteiger partial charge >= 0.3 is 0 Å². The van der Waals surface area contributed by atoms with Crippen molar-refractivity contribution in [2.75, 3.05) is 4.90 Å². The highest BCUT2D eigenvalue weighted by atomic mass is 15.1. The number of anilines is 3. The summed E-state index contributed by atoms with van der Waals surface area (Å²) >= 11 is 0. The fraction of sp³-hybridized carbons (Fsp3) is 0.147. The molecule has 69 heavy (non-hydrogen) atoms. The first-order valence-electron chi connectivity index (χ1n) is 25.1. The molecule has 1 nitrogen and oxygen atoms in total. The van der Waals surface area contributed by atoms with Gasteiger partial charge in [0.1, 0.15) is 0 Å². The third-order valence-electron chi connectivity index (χ3n) is 16.1. The molecule has 0 aliphatic heterocycles. The monoisotopic (exact) mass is 885 g/mol. The predicted octanol–water partition coefficient (Wildman–Crippen LogP) is 18.4. The van der Waals surface area contributed by atoms with Crippen molar-refractivity contribution < 1.29 is 0 Å². The molecule has 10 aromatic carbocycles. The number of para-hydroxylation sites is 1. The van der Waals surface area contributed by atoms with E-state index in [9.17, 15) is 0 Å². The summed E-state index contributed by atoms with van der Waals surface area (Å²) in [4.78, 5) is 2.60. The molecular weight excluding hydrogens is 831 g/mol. The normalized spacial score (nSPS) is 15.3. The fourth-order valence-corrected chi connectivity index (χ4v) is 13.2. The maximum absolute atomic E-state index is 2.60. The molecule has 0 bridgehead atoms. The van der Waals surface area contributed by atoms with E-state index >= 15 is 0 Å². The van der Waals surface area contributed by atoms with Crippen molar-refractivity contribution in [3.63, 3.8) is 0 Å². The lowest BCUT2D eigenvalue weighted by atomic mass is 9.68. The number of hydrogen-bond donors (Lipinski definition) is 0. The second-order valence-electron chi connectivity index (χ2n) is 20.1. The highest BCUT2D eigenvalue weighted by Crippen LogP contribution is 2.60. The lowest BCUT2D eigenvalue weighted by Gasteiger charge is -2.35. The SMILES string of the molecule is CC1(C)c2ccccc2-c2cccc(-c3cccc(N(c4ccccc4-c4cccc5cccc(C6CCCCC6)c45)c4cccc5c4-c4ccccc4C5(c4ccccc4)c4ccccc4)c3)c21. The molecule has 332 valence electrons. The second kappa shape index (κ2) is 16.5. The van der Waals surface area contributed by atoms with Gasteiger partial charge in [0.05, 0.1) is 16.8 Å². The van der Waals surface area contributed by atoms with E-state index in [1.165, 1.54) is 126 Å². The summed E-state index contributed by atoms with van der Waals surface area (Å²) in [7, 11) is 0. The zero-order valence-corrected chi connectivity index (χ0v) is 39.5. The standard InChI is InChI=1S/C68H55N/c1-67(2)59-40-15-12-33-54(59)57-39-21-37-53(66(57)67)48-27-18-32-51(45-48)69(62-43-17-14-34-55(62)56-38-20-26-47-25-19-36-52(64(47)56)46-23-6-3-7-24-46)63-44-22-42-61-65(63)58-35-13-16-41-60(58)68(61,49-28-8-4-9-29-49)50-30-10-5-11-31-50/h4-5,8-22,25-46H,3,6-7,23-24H2,1-2H3. The Bertz CT molecular complexity index is 3530. The van der Waals surface area contributed by atoms with Crippen LogP contribution in [0.1, 0.15) is 90.8 Å². The quantitative estimate of drug-likeness (QED) is 0.147. The van der Waals surface area contributed by atoms with Crippen LogP contribution in [0.15, 0.2) is 231 Å². The Balaban J connectivity index is 1.10. The number of hydrogen-bond acceptors (Lipinski definition) is 1. The molecule has 3 aliphatic carbocycles. The van der Waals surface area contributed by atoms with Crippen LogP contribution in [0.4, 0.5) is 17.1 Å². The lowest BCUT2D eigenvalue weighted by molar-refractivity contribution is 0.445. The van der Waals surface area contributed by atoms with E-state index in [-0.39, 0.29) is 5.41 Å².